The van der Waals surface area contributed by atoms with Crippen LogP contribution >= 0.6 is 23.4 Å². The molecule has 0 atom stereocenters. The summed E-state index contributed by atoms with van der Waals surface area (Å²) in [5.41, 5.74) is 0. The average Bonchev–Trinajstić information content (AvgIpc) is 2.15. The molecule has 0 aromatic carbocycles. The van der Waals surface area contributed by atoms with Crippen molar-refractivity contribution in [3.8, 4) is 0 Å². The van der Waals surface area contributed by atoms with Crippen molar-refractivity contribution in [1.29, 1.82) is 0 Å². The van der Waals surface area contributed by atoms with E-state index < -0.39 is 0 Å². The predicted molar refractivity (Wildman–Crippen MR) is 58.5 cm³/mol. The smallest absolute Gasteiger partial charge is 0.0960 e. The predicted octanol–water partition coefficient (Wildman–Crippen LogP) is 2.44. The number of thioether (sulfide) groups is 1. The van der Waals surface area contributed by atoms with Crippen molar-refractivity contribution in [3.63, 3.8) is 0 Å². The van der Waals surface area contributed by atoms with E-state index in [-0.39, 0.29) is 0 Å². The van der Waals surface area contributed by atoms with Crippen LogP contribution in [-0.4, -0.2) is 24.3 Å². The summed E-state index contributed by atoms with van der Waals surface area (Å²) in [5.74, 6) is 1.09. The third-order valence-electron chi connectivity index (χ3n) is 1.52. The van der Waals surface area contributed by atoms with Gasteiger partial charge in [-0.15, -0.1) is 11.8 Å². The molecule has 1 N–H and O–H groups in total. The highest BCUT2D eigenvalue weighted by atomic mass is 35.5. The van der Waals surface area contributed by atoms with Crippen LogP contribution in [0.5, 0.6) is 0 Å². The van der Waals surface area contributed by atoms with Crippen molar-refractivity contribution in [1.82, 2.24) is 10.3 Å². The topological polar surface area (TPSA) is 24.9 Å². The number of hydrogen-bond donors (Lipinski definition) is 1. The lowest BCUT2D eigenvalue weighted by Gasteiger charge is -2.00. The Kier molecular flexibility index (Phi) is 5.20. The molecule has 0 fully saturated rings. The number of nitrogens with zero attached hydrogens (tertiary/aromatic N) is 1. The van der Waals surface area contributed by atoms with Crippen molar-refractivity contribution >= 4 is 23.4 Å². The minimum Gasteiger partial charge on any atom is -0.320 e. The molecule has 13 heavy (non-hydrogen) atoms. The summed E-state index contributed by atoms with van der Waals surface area (Å²) in [6, 6.07) is 3.82. The minimum atomic E-state index is 0.694. The number of hydrogen-bond acceptors (Lipinski definition) is 3. The first-order chi connectivity index (χ1) is 6.33. The van der Waals surface area contributed by atoms with Crippen molar-refractivity contribution in [2.75, 3.05) is 19.3 Å². The van der Waals surface area contributed by atoms with Crippen LogP contribution in [0, 0.1) is 0 Å². The molecule has 0 aliphatic rings. The van der Waals surface area contributed by atoms with Crippen LogP contribution in [-0.2, 0) is 0 Å². The third-order valence-corrected chi connectivity index (χ3v) is 2.77. The van der Waals surface area contributed by atoms with E-state index in [9.17, 15) is 0 Å². The lowest BCUT2D eigenvalue weighted by molar-refractivity contribution is 0.777. The molecule has 1 rings (SSSR count). The molecule has 0 spiro atoms. The van der Waals surface area contributed by atoms with Crippen molar-refractivity contribution in [3.05, 3.63) is 23.4 Å². The molecule has 1 aromatic heterocycles. The van der Waals surface area contributed by atoms with Crippen LogP contribution in [0.1, 0.15) is 6.42 Å². The van der Waals surface area contributed by atoms with Gasteiger partial charge in [0.25, 0.3) is 0 Å². The Bertz CT molecular complexity index is 238. The van der Waals surface area contributed by atoms with Crippen molar-refractivity contribution in [2.24, 2.45) is 0 Å². The SMILES string of the molecule is CNCCCSc1ccc(Cl)cn1. The molecular formula is C9H13ClN2S. The number of aromatic nitrogens is 1. The highest BCUT2D eigenvalue weighted by Crippen LogP contribution is 2.17. The van der Waals surface area contributed by atoms with Crippen LogP contribution in [0.2, 0.25) is 5.02 Å². The van der Waals surface area contributed by atoms with Crippen LogP contribution in [0.4, 0.5) is 0 Å². The van der Waals surface area contributed by atoms with E-state index in [1.54, 1.807) is 18.0 Å². The number of rotatable bonds is 5. The molecular weight excluding hydrogens is 204 g/mol. The van der Waals surface area contributed by atoms with Gasteiger partial charge in [0, 0.05) is 11.9 Å². The zero-order valence-electron chi connectivity index (χ0n) is 7.59. The fourth-order valence-corrected chi connectivity index (χ4v) is 1.77. The van der Waals surface area contributed by atoms with Crippen LogP contribution in [0.25, 0.3) is 0 Å². The molecule has 1 heterocycles. The normalized spacial score (nSPS) is 10.3. The van der Waals surface area contributed by atoms with E-state index in [1.165, 1.54) is 0 Å². The van der Waals surface area contributed by atoms with E-state index in [0.29, 0.717) is 5.02 Å². The van der Waals surface area contributed by atoms with Gasteiger partial charge < -0.3 is 5.32 Å². The standard InChI is InChI=1S/C9H13ClN2S/c1-11-5-2-6-13-9-4-3-8(10)7-12-9/h3-4,7,11H,2,5-6H2,1H3. The minimum absolute atomic E-state index is 0.694. The highest BCUT2D eigenvalue weighted by molar-refractivity contribution is 7.99. The molecule has 0 radical (unpaired) electrons. The van der Waals surface area contributed by atoms with Gasteiger partial charge in [0.05, 0.1) is 10.0 Å². The van der Waals surface area contributed by atoms with Crippen LogP contribution in [0.3, 0.4) is 0 Å². The quantitative estimate of drug-likeness (QED) is 0.605. The third kappa shape index (κ3) is 4.50. The summed E-state index contributed by atoms with van der Waals surface area (Å²) in [4.78, 5) is 4.19. The average molecular weight is 217 g/mol. The van der Waals surface area contributed by atoms with E-state index >= 15 is 0 Å². The van der Waals surface area contributed by atoms with Gasteiger partial charge in [0.1, 0.15) is 0 Å². The lowest BCUT2D eigenvalue weighted by atomic mass is 10.5. The maximum Gasteiger partial charge on any atom is 0.0960 e. The number of nitrogens with one attached hydrogen (secondary N) is 1. The molecule has 2 nitrogen and oxygen atoms in total. The van der Waals surface area contributed by atoms with Gasteiger partial charge in [-0.3, -0.25) is 0 Å². The number of halogens is 1. The van der Waals surface area contributed by atoms with Gasteiger partial charge in [-0.2, -0.15) is 0 Å². The molecule has 0 bridgehead atoms. The largest absolute Gasteiger partial charge is 0.320 e. The summed E-state index contributed by atoms with van der Waals surface area (Å²) in [6.07, 6.45) is 2.84. The first kappa shape index (κ1) is 10.8. The first-order valence-electron chi connectivity index (χ1n) is 4.22. The van der Waals surface area contributed by atoms with E-state index in [1.807, 2.05) is 19.2 Å². The Balaban J connectivity index is 2.25. The summed E-state index contributed by atoms with van der Waals surface area (Å²) in [6.45, 7) is 1.06. The fraction of sp³-hybridized carbons (Fsp3) is 0.444. The monoisotopic (exact) mass is 216 g/mol. The van der Waals surface area contributed by atoms with E-state index in [0.717, 1.165) is 23.7 Å². The van der Waals surface area contributed by atoms with Crippen molar-refractivity contribution < 1.29 is 0 Å². The summed E-state index contributed by atoms with van der Waals surface area (Å²) in [5, 5.41) is 4.84. The van der Waals surface area contributed by atoms with Crippen LogP contribution in [0.15, 0.2) is 23.4 Å². The first-order valence-corrected chi connectivity index (χ1v) is 5.58. The second-order valence-electron chi connectivity index (χ2n) is 2.62. The fourth-order valence-electron chi connectivity index (χ4n) is 0.873. The zero-order valence-corrected chi connectivity index (χ0v) is 9.16. The molecule has 1 aromatic rings. The molecule has 72 valence electrons. The molecule has 0 aliphatic heterocycles. The molecule has 0 saturated heterocycles. The zero-order chi connectivity index (χ0) is 9.52. The lowest BCUT2D eigenvalue weighted by Crippen LogP contribution is -2.07. The maximum atomic E-state index is 5.71. The van der Waals surface area contributed by atoms with Gasteiger partial charge >= 0.3 is 0 Å². The van der Waals surface area contributed by atoms with Crippen LogP contribution < -0.4 is 5.32 Å². The maximum absolute atomic E-state index is 5.71. The number of pyridine rings is 1. The molecule has 4 heteroatoms. The van der Waals surface area contributed by atoms with Gasteiger partial charge in [-0.25, -0.2) is 4.98 Å². The Morgan fingerprint density at radius 2 is 2.38 bits per heavy atom. The second-order valence-corrected chi connectivity index (χ2v) is 4.17. The van der Waals surface area contributed by atoms with E-state index in [4.69, 9.17) is 11.6 Å². The molecule has 0 saturated carbocycles. The highest BCUT2D eigenvalue weighted by Gasteiger charge is 1.94. The van der Waals surface area contributed by atoms with Gasteiger partial charge in [-0.05, 0) is 32.1 Å². The summed E-state index contributed by atoms with van der Waals surface area (Å²) in [7, 11) is 1.96. The van der Waals surface area contributed by atoms with Gasteiger partial charge in [0.2, 0.25) is 0 Å². The van der Waals surface area contributed by atoms with Crippen molar-refractivity contribution in [2.45, 2.75) is 11.4 Å². The molecule has 0 unspecified atom stereocenters. The summed E-state index contributed by atoms with van der Waals surface area (Å²) >= 11 is 7.47. The van der Waals surface area contributed by atoms with E-state index in [2.05, 4.69) is 10.3 Å². The van der Waals surface area contributed by atoms with Gasteiger partial charge in [0.15, 0.2) is 0 Å². The Labute approximate surface area is 88.1 Å². The summed E-state index contributed by atoms with van der Waals surface area (Å²) < 4.78 is 0. The second kappa shape index (κ2) is 6.24. The molecule has 0 aliphatic carbocycles. The molecule has 0 amide bonds. The Hall–Kier alpha value is -0.250. The Morgan fingerprint density at radius 3 is 3.00 bits per heavy atom. The van der Waals surface area contributed by atoms with Gasteiger partial charge in [-0.1, -0.05) is 11.6 Å². The Morgan fingerprint density at radius 1 is 1.54 bits per heavy atom.